The van der Waals surface area contributed by atoms with Gasteiger partial charge in [-0.15, -0.1) is 0 Å². The van der Waals surface area contributed by atoms with Crippen molar-refractivity contribution in [2.45, 2.75) is 30.8 Å². The Bertz CT molecular complexity index is 1520. The first-order valence-corrected chi connectivity index (χ1v) is 13.0. The fourth-order valence-corrected chi connectivity index (χ4v) is 6.05. The summed E-state index contributed by atoms with van der Waals surface area (Å²) >= 11 is 0. The number of aromatic nitrogens is 1. The number of rotatable bonds is 7. The Morgan fingerprint density at radius 1 is 0.973 bits per heavy atom. The SMILES string of the molecule is Cc1noc(C)c1S(=O)(=O)Nc1cccc(CN2C(=N)NC(c3ccccc3)(c3ccccc3)C2=O)c1. The molecule has 0 spiro atoms. The van der Waals surface area contributed by atoms with Gasteiger partial charge in [0, 0.05) is 5.69 Å². The normalized spacial score (nSPS) is 15.0. The molecule has 0 radical (unpaired) electrons. The van der Waals surface area contributed by atoms with E-state index in [4.69, 9.17) is 9.93 Å². The Morgan fingerprint density at radius 2 is 1.59 bits per heavy atom. The largest absolute Gasteiger partial charge is 0.360 e. The second-order valence-electron chi connectivity index (χ2n) is 8.81. The number of sulfonamides is 1. The van der Waals surface area contributed by atoms with Crippen molar-refractivity contribution in [2.75, 3.05) is 4.72 Å². The molecular weight excluding hydrogens is 490 g/mol. The van der Waals surface area contributed by atoms with Gasteiger partial charge in [0.25, 0.3) is 15.9 Å². The molecule has 3 aromatic carbocycles. The molecule has 188 valence electrons. The van der Waals surface area contributed by atoms with Crippen LogP contribution in [0.25, 0.3) is 0 Å². The molecular formula is C27H25N5O4S. The number of hydrogen-bond donors (Lipinski definition) is 3. The Labute approximate surface area is 214 Å². The first kappa shape index (κ1) is 24.3. The lowest BCUT2D eigenvalue weighted by Gasteiger charge is -2.28. The summed E-state index contributed by atoms with van der Waals surface area (Å²) in [4.78, 5) is 15.3. The number of amides is 1. The predicted octanol–water partition coefficient (Wildman–Crippen LogP) is 3.90. The predicted molar refractivity (Wildman–Crippen MR) is 138 cm³/mol. The van der Waals surface area contributed by atoms with Crippen molar-refractivity contribution >= 4 is 27.6 Å². The first-order chi connectivity index (χ1) is 17.7. The molecule has 9 nitrogen and oxygen atoms in total. The second kappa shape index (κ2) is 9.21. The molecule has 0 atom stereocenters. The maximum atomic E-state index is 14.0. The van der Waals surface area contributed by atoms with E-state index in [1.165, 1.54) is 11.8 Å². The van der Waals surface area contributed by atoms with E-state index in [-0.39, 0.29) is 34.8 Å². The van der Waals surface area contributed by atoms with Gasteiger partial charge < -0.3 is 9.84 Å². The topological polar surface area (TPSA) is 128 Å². The van der Waals surface area contributed by atoms with Crippen molar-refractivity contribution in [2.24, 2.45) is 0 Å². The summed E-state index contributed by atoms with van der Waals surface area (Å²) in [5.41, 5.74) is 1.43. The lowest BCUT2D eigenvalue weighted by atomic mass is 9.82. The molecule has 1 aliphatic heterocycles. The zero-order valence-corrected chi connectivity index (χ0v) is 21.0. The molecule has 4 aromatic rings. The monoisotopic (exact) mass is 515 g/mol. The van der Waals surface area contributed by atoms with E-state index in [0.717, 1.165) is 11.1 Å². The standard InChI is InChI=1S/C27H25N5O4S/c1-18-24(19(2)36-30-18)37(34,35)31-23-15-9-10-20(16-23)17-32-25(33)27(29-26(32)28,21-11-5-3-6-12-21)22-13-7-4-8-14-22/h3-16,31H,17H2,1-2H3,(H2,28,29). The molecule has 37 heavy (non-hydrogen) atoms. The molecule has 3 N–H and O–H groups in total. The van der Waals surface area contributed by atoms with Gasteiger partial charge in [0.05, 0.1) is 6.54 Å². The van der Waals surface area contributed by atoms with Gasteiger partial charge in [-0.2, -0.15) is 0 Å². The van der Waals surface area contributed by atoms with Crippen molar-refractivity contribution in [3.63, 3.8) is 0 Å². The molecule has 1 saturated heterocycles. The highest BCUT2D eigenvalue weighted by atomic mass is 32.2. The summed E-state index contributed by atoms with van der Waals surface area (Å²) in [5.74, 6) is -0.141. The second-order valence-corrected chi connectivity index (χ2v) is 10.4. The Balaban J connectivity index is 1.45. The summed E-state index contributed by atoms with van der Waals surface area (Å²) < 4.78 is 33.4. The number of benzene rings is 3. The van der Waals surface area contributed by atoms with Crippen molar-refractivity contribution in [3.8, 4) is 0 Å². The Morgan fingerprint density at radius 3 is 2.16 bits per heavy atom. The maximum absolute atomic E-state index is 14.0. The maximum Gasteiger partial charge on any atom is 0.267 e. The summed E-state index contributed by atoms with van der Waals surface area (Å²) in [6.45, 7) is 3.17. The molecule has 0 bridgehead atoms. The smallest absolute Gasteiger partial charge is 0.267 e. The highest BCUT2D eigenvalue weighted by molar-refractivity contribution is 7.92. The van der Waals surface area contributed by atoms with Crippen molar-refractivity contribution in [1.82, 2.24) is 15.4 Å². The Kier molecular flexibility index (Phi) is 6.04. The highest BCUT2D eigenvalue weighted by Gasteiger charge is 2.52. The van der Waals surface area contributed by atoms with E-state index in [2.05, 4.69) is 15.2 Å². The number of hydrogen-bond acceptors (Lipinski definition) is 6. The van der Waals surface area contributed by atoms with Crippen LogP contribution >= 0.6 is 0 Å². The fraction of sp³-hybridized carbons (Fsp3) is 0.148. The zero-order chi connectivity index (χ0) is 26.2. The molecule has 0 aliphatic carbocycles. The summed E-state index contributed by atoms with van der Waals surface area (Å²) in [6, 6.07) is 25.3. The van der Waals surface area contributed by atoms with Gasteiger partial charge in [-0.05, 0) is 42.7 Å². The van der Waals surface area contributed by atoms with Crippen LogP contribution in [0.5, 0.6) is 0 Å². The van der Waals surface area contributed by atoms with E-state index < -0.39 is 15.6 Å². The van der Waals surface area contributed by atoms with Crippen LogP contribution < -0.4 is 10.0 Å². The van der Waals surface area contributed by atoms with Gasteiger partial charge in [0.1, 0.15) is 5.69 Å². The molecule has 0 saturated carbocycles. The number of carbonyl (C=O) groups is 1. The zero-order valence-electron chi connectivity index (χ0n) is 20.2. The average Bonchev–Trinajstić information content (AvgIpc) is 3.36. The van der Waals surface area contributed by atoms with E-state index >= 15 is 0 Å². The van der Waals surface area contributed by atoms with Gasteiger partial charge >= 0.3 is 0 Å². The van der Waals surface area contributed by atoms with Crippen LogP contribution in [0.4, 0.5) is 5.69 Å². The number of carbonyl (C=O) groups excluding carboxylic acids is 1. The molecule has 2 heterocycles. The van der Waals surface area contributed by atoms with Crippen LogP contribution in [0, 0.1) is 19.3 Å². The van der Waals surface area contributed by atoms with Crippen molar-refractivity contribution in [3.05, 3.63) is 113 Å². The minimum Gasteiger partial charge on any atom is -0.360 e. The van der Waals surface area contributed by atoms with Crippen LogP contribution in [0.15, 0.2) is 94.3 Å². The fourth-order valence-electron chi connectivity index (χ4n) is 4.67. The van der Waals surface area contributed by atoms with E-state index in [9.17, 15) is 13.2 Å². The molecule has 1 fully saturated rings. The van der Waals surface area contributed by atoms with Crippen LogP contribution in [-0.2, 0) is 26.9 Å². The minimum absolute atomic E-state index is 0.00546. The average molecular weight is 516 g/mol. The van der Waals surface area contributed by atoms with Crippen LogP contribution in [0.2, 0.25) is 0 Å². The first-order valence-electron chi connectivity index (χ1n) is 11.6. The highest BCUT2D eigenvalue weighted by Crippen LogP contribution is 2.36. The van der Waals surface area contributed by atoms with Gasteiger partial charge in [-0.25, -0.2) is 8.42 Å². The summed E-state index contributed by atoms with van der Waals surface area (Å²) in [6.07, 6.45) is 0. The van der Waals surface area contributed by atoms with Crippen LogP contribution in [-0.4, -0.2) is 30.3 Å². The van der Waals surface area contributed by atoms with Gasteiger partial charge in [-0.1, -0.05) is 78.0 Å². The van der Waals surface area contributed by atoms with E-state index in [1.54, 1.807) is 31.2 Å². The number of nitrogens with zero attached hydrogens (tertiary/aromatic N) is 2. The molecule has 1 amide bonds. The number of aryl methyl sites for hydroxylation is 2. The third-order valence-electron chi connectivity index (χ3n) is 6.31. The number of guanidine groups is 1. The van der Waals surface area contributed by atoms with E-state index in [0.29, 0.717) is 11.3 Å². The quantitative estimate of drug-likeness (QED) is 0.342. The number of nitrogens with one attached hydrogen (secondary N) is 3. The van der Waals surface area contributed by atoms with Crippen molar-refractivity contribution < 1.29 is 17.7 Å². The van der Waals surface area contributed by atoms with Crippen molar-refractivity contribution in [1.29, 1.82) is 5.41 Å². The molecule has 5 rings (SSSR count). The van der Waals surface area contributed by atoms with Gasteiger partial charge in [-0.3, -0.25) is 19.8 Å². The third kappa shape index (κ3) is 4.25. The van der Waals surface area contributed by atoms with Crippen LogP contribution in [0.3, 0.4) is 0 Å². The Hall–Kier alpha value is -4.44. The molecule has 0 unspecified atom stereocenters. The lowest BCUT2D eigenvalue weighted by molar-refractivity contribution is -0.130. The minimum atomic E-state index is -3.93. The number of anilines is 1. The van der Waals surface area contributed by atoms with E-state index in [1.807, 2.05) is 60.7 Å². The summed E-state index contributed by atoms with van der Waals surface area (Å²) in [5, 5.41) is 15.5. The lowest BCUT2D eigenvalue weighted by Crippen LogP contribution is -2.45. The third-order valence-corrected chi connectivity index (χ3v) is 7.94. The van der Waals surface area contributed by atoms with Gasteiger partial charge in [0.2, 0.25) is 0 Å². The van der Waals surface area contributed by atoms with Gasteiger partial charge in [0.15, 0.2) is 22.2 Å². The molecule has 1 aromatic heterocycles. The molecule has 10 heteroatoms. The summed E-state index contributed by atoms with van der Waals surface area (Å²) in [7, 11) is -3.93. The van der Waals surface area contributed by atoms with Crippen LogP contribution in [0.1, 0.15) is 28.1 Å². The molecule has 1 aliphatic rings.